The van der Waals surface area contributed by atoms with E-state index in [2.05, 4.69) is 10.2 Å². The smallest absolute Gasteiger partial charge is 0.247 e. The molecule has 0 unspecified atom stereocenters. The maximum Gasteiger partial charge on any atom is 0.247 e. The van der Waals surface area contributed by atoms with Gasteiger partial charge in [-0.1, -0.05) is 29.8 Å². The number of fused-ring (bicyclic) bond motifs is 1. The fraction of sp³-hybridized carbons (Fsp3) is 0.211. The molecule has 0 saturated heterocycles. The van der Waals surface area contributed by atoms with E-state index in [1.807, 2.05) is 43.3 Å². The first kappa shape index (κ1) is 15.8. The maximum absolute atomic E-state index is 12.8. The Morgan fingerprint density at radius 1 is 1.12 bits per heavy atom. The first-order valence-corrected chi connectivity index (χ1v) is 8.33. The monoisotopic (exact) mass is 353 g/mol. The lowest BCUT2D eigenvalue weighted by molar-refractivity contribution is -0.122. The Labute approximate surface area is 150 Å². The molecule has 2 aromatic carbocycles. The van der Waals surface area contributed by atoms with Gasteiger partial charge >= 0.3 is 0 Å². The van der Waals surface area contributed by atoms with Crippen LogP contribution >= 0.6 is 11.6 Å². The van der Waals surface area contributed by atoms with Crippen molar-refractivity contribution in [1.82, 2.24) is 10.2 Å². The molecule has 1 amide bonds. The van der Waals surface area contributed by atoms with E-state index in [1.54, 1.807) is 24.1 Å². The van der Waals surface area contributed by atoms with Crippen molar-refractivity contribution >= 4 is 23.2 Å². The number of likely N-dealkylation sites (N-methyl/N-ethyl adjacent to an activating group) is 1. The number of amides is 1. The van der Waals surface area contributed by atoms with Crippen LogP contribution in [0.2, 0.25) is 5.02 Å². The Balaban J connectivity index is 1.67. The molecule has 25 heavy (non-hydrogen) atoms. The Bertz CT molecular complexity index is 951. The van der Waals surface area contributed by atoms with Gasteiger partial charge in [0.1, 0.15) is 0 Å². The number of hydrogen-bond donors (Lipinski definition) is 0. The molecule has 2 heterocycles. The van der Waals surface area contributed by atoms with E-state index in [-0.39, 0.29) is 5.91 Å². The fourth-order valence-corrected chi connectivity index (χ4v) is 3.46. The number of rotatable bonds is 3. The van der Waals surface area contributed by atoms with E-state index >= 15 is 0 Å². The summed E-state index contributed by atoms with van der Waals surface area (Å²) in [6, 6.07) is 15.0. The molecule has 6 heteroatoms. The van der Waals surface area contributed by atoms with Crippen LogP contribution in [0.5, 0.6) is 0 Å². The lowest BCUT2D eigenvalue weighted by Crippen LogP contribution is -2.37. The fourth-order valence-electron chi connectivity index (χ4n) is 3.33. The first-order valence-electron chi connectivity index (χ1n) is 7.95. The number of halogens is 1. The van der Waals surface area contributed by atoms with E-state index in [9.17, 15) is 4.79 Å². The van der Waals surface area contributed by atoms with Gasteiger partial charge < -0.3 is 9.32 Å². The van der Waals surface area contributed by atoms with Crippen LogP contribution in [0.1, 0.15) is 18.4 Å². The summed E-state index contributed by atoms with van der Waals surface area (Å²) in [6.45, 7) is 1.92. The SMILES string of the molecule is CN1C(=O)[C@](C)(Cc2nnc(-c3ccc(Cl)cc3)o2)c2ccccc21. The van der Waals surface area contributed by atoms with Gasteiger partial charge in [-0.3, -0.25) is 4.79 Å². The second kappa shape index (κ2) is 5.70. The lowest BCUT2D eigenvalue weighted by atomic mass is 9.80. The summed E-state index contributed by atoms with van der Waals surface area (Å²) < 4.78 is 5.80. The van der Waals surface area contributed by atoms with Crippen LogP contribution in [0, 0.1) is 0 Å². The molecule has 1 aliphatic heterocycles. The quantitative estimate of drug-likeness (QED) is 0.717. The third-order valence-electron chi connectivity index (χ3n) is 4.70. The van der Waals surface area contributed by atoms with Crippen molar-refractivity contribution < 1.29 is 9.21 Å². The minimum absolute atomic E-state index is 0.0277. The lowest BCUT2D eigenvalue weighted by Gasteiger charge is -2.21. The van der Waals surface area contributed by atoms with Gasteiger partial charge in [0.15, 0.2) is 0 Å². The summed E-state index contributed by atoms with van der Waals surface area (Å²) in [5.41, 5.74) is 1.99. The zero-order chi connectivity index (χ0) is 17.6. The maximum atomic E-state index is 12.8. The Morgan fingerprint density at radius 3 is 2.60 bits per heavy atom. The average molecular weight is 354 g/mol. The summed E-state index contributed by atoms with van der Waals surface area (Å²) in [5.74, 6) is 0.883. The molecule has 3 aromatic rings. The zero-order valence-corrected chi connectivity index (χ0v) is 14.6. The van der Waals surface area contributed by atoms with Crippen LogP contribution < -0.4 is 4.90 Å². The summed E-state index contributed by atoms with van der Waals surface area (Å²) in [5, 5.41) is 8.89. The van der Waals surface area contributed by atoms with Crippen molar-refractivity contribution in [3.8, 4) is 11.5 Å². The minimum atomic E-state index is -0.713. The molecule has 126 valence electrons. The van der Waals surface area contributed by atoms with Crippen molar-refractivity contribution in [1.29, 1.82) is 0 Å². The van der Waals surface area contributed by atoms with E-state index < -0.39 is 5.41 Å². The molecule has 1 aliphatic rings. The van der Waals surface area contributed by atoms with Gasteiger partial charge in [-0.15, -0.1) is 10.2 Å². The van der Waals surface area contributed by atoms with Crippen molar-refractivity contribution in [2.45, 2.75) is 18.8 Å². The Morgan fingerprint density at radius 2 is 1.84 bits per heavy atom. The summed E-state index contributed by atoms with van der Waals surface area (Å²) in [7, 11) is 1.79. The highest BCUT2D eigenvalue weighted by molar-refractivity contribution is 6.30. The van der Waals surface area contributed by atoms with Crippen LogP contribution in [0.4, 0.5) is 5.69 Å². The summed E-state index contributed by atoms with van der Waals surface area (Å²) in [6.07, 6.45) is 0.355. The van der Waals surface area contributed by atoms with E-state index in [4.69, 9.17) is 16.0 Å². The number of nitrogens with zero attached hydrogens (tertiary/aromatic N) is 3. The van der Waals surface area contributed by atoms with Gasteiger partial charge in [0, 0.05) is 29.7 Å². The normalized spacial score (nSPS) is 19.3. The predicted octanol–water partition coefficient (Wildman–Crippen LogP) is 3.87. The van der Waals surface area contributed by atoms with Gasteiger partial charge in [-0.25, -0.2) is 0 Å². The van der Waals surface area contributed by atoms with Gasteiger partial charge in [-0.2, -0.15) is 0 Å². The minimum Gasteiger partial charge on any atom is -0.421 e. The molecule has 0 bridgehead atoms. The molecule has 5 nitrogen and oxygen atoms in total. The number of carbonyl (C=O) groups is 1. The summed E-state index contributed by atoms with van der Waals surface area (Å²) in [4.78, 5) is 14.5. The van der Waals surface area contributed by atoms with Crippen molar-refractivity contribution in [3.63, 3.8) is 0 Å². The van der Waals surface area contributed by atoms with Gasteiger partial charge in [0.2, 0.25) is 17.7 Å². The van der Waals surface area contributed by atoms with Crippen LogP contribution in [-0.4, -0.2) is 23.2 Å². The van der Waals surface area contributed by atoms with Gasteiger partial charge in [0.25, 0.3) is 0 Å². The third-order valence-corrected chi connectivity index (χ3v) is 4.95. The van der Waals surface area contributed by atoms with Crippen molar-refractivity contribution in [2.24, 2.45) is 0 Å². The molecule has 0 saturated carbocycles. The van der Waals surface area contributed by atoms with Crippen LogP contribution in [0.25, 0.3) is 11.5 Å². The topological polar surface area (TPSA) is 59.2 Å². The largest absolute Gasteiger partial charge is 0.421 e. The number of aromatic nitrogens is 2. The molecule has 0 spiro atoms. The van der Waals surface area contributed by atoms with E-state index in [0.717, 1.165) is 16.8 Å². The Kier molecular flexibility index (Phi) is 3.62. The number of hydrogen-bond acceptors (Lipinski definition) is 4. The van der Waals surface area contributed by atoms with Crippen LogP contribution in [0.3, 0.4) is 0 Å². The standard InChI is InChI=1S/C19H16ClN3O2/c1-19(14-5-3-4-6-15(14)23(2)18(19)24)11-16-21-22-17(25-16)12-7-9-13(20)10-8-12/h3-10H,11H2,1-2H3/t19-/m1/s1. The number of carbonyl (C=O) groups excluding carboxylic acids is 1. The first-order chi connectivity index (χ1) is 12.0. The van der Waals surface area contributed by atoms with Crippen LogP contribution in [0.15, 0.2) is 52.9 Å². The number of anilines is 1. The number of benzene rings is 2. The summed E-state index contributed by atoms with van der Waals surface area (Å²) >= 11 is 5.90. The Hall–Kier alpha value is -2.66. The second-order valence-electron chi connectivity index (χ2n) is 6.40. The molecule has 4 rings (SSSR count). The third kappa shape index (κ3) is 2.51. The van der Waals surface area contributed by atoms with Gasteiger partial charge in [-0.05, 0) is 42.8 Å². The highest BCUT2D eigenvalue weighted by Gasteiger charge is 2.46. The van der Waals surface area contributed by atoms with Gasteiger partial charge in [0.05, 0.1) is 5.41 Å². The average Bonchev–Trinajstić information content (AvgIpc) is 3.15. The number of para-hydroxylation sites is 1. The molecule has 0 aliphatic carbocycles. The second-order valence-corrected chi connectivity index (χ2v) is 6.83. The van der Waals surface area contributed by atoms with Crippen LogP contribution in [-0.2, 0) is 16.6 Å². The van der Waals surface area contributed by atoms with Crippen molar-refractivity contribution in [2.75, 3.05) is 11.9 Å². The molecular formula is C19H16ClN3O2. The molecule has 0 fully saturated rings. The molecular weight excluding hydrogens is 338 g/mol. The highest BCUT2D eigenvalue weighted by Crippen LogP contribution is 2.42. The van der Waals surface area contributed by atoms with E-state index in [0.29, 0.717) is 23.2 Å². The molecule has 1 atom stereocenters. The predicted molar refractivity (Wildman–Crippen MR) is 95.7 cm³/mol. The molecule has 0 radical (unpaired) electrons. The van der Waals surface area contributed by atoms with Crippen molar-refractivity contribution in [3.05, 3.63) is 65.0 Å². The van der Waals surface area contributed by atoms with E-state index in [1.165, 1.54) is 0 Å². The highest BCUT2D eigenvalue weighted by atomic mass is 35.5. The molecule has 0 N–H and O–H groups in total. The molecule has 1 aromatic heterocycles. The zero-order valence-electron chi connectivity index (χ0n) is 13.9.